The molecule has 0 saturated heterocycles. The van der Waals surface area contributed by atoms with Gasteiger partial charge < -0.3 is 5.32 Å². The van der Waals surface area contributed by atoms with E-state index in [4.69, 9.17) is 0 Å². The fraction of sp³-hybridized carbons (Fsp3) is 0.333. The maximum absolute atomic E-state index is 3.70. The average molecular weight is 129 g/mol. The van der Waals surface area contributed by atoms with E-state index in [0.29, 0.717) is 0 Å². The van der Waals surface area contributed by atoms with Crippen LogP contribution in [0.2, 0.25) is 0 Å². The number of allylic oxidation sites excluding steroid dienone is 1. The Labute approximate surface area is 54.9 Å². The molecule has 0 atom stereocenters. The van der Waals surface area contributed by atoms with E-state index in [0.717, 1.165) is 10.7 Å². The Morgan fingerprint density at radius 1 is 1.50 bits per heavy atom. The zero-order valence-electron chi connectivity index (χ0n) is 5.32. The van der Waals surface area contributed by atoms with Crippen LogP contribution in [0.25, 0.3) is 0 Å². The van der Waals surface area contributed by atoms with Gasteiger partial charge in [-0.05, 0) is 13.2 Å². The van der Waals surface area contributed by atoms with Crippen molar-refractivity contribution < 1.29 is 0 Å². The van der Waals surface area contributed by atoms with E-state index in [1.54, 1.807) is 11.8 Å². The maximum atomic E-state index is 3.70. The third-order valence-corrected chi connectivity index (χ3v) is 1.19. The first-order chi connectivity index (χ1) is 3.66. The van der Waals surface area contributed by atoms with E-state index in [2.05, 4.69) is 18.5 Å². The first-order valence-corrected chi connectivity index (χ1v) is 3.54. The maximum Gasteiger partial charge on any atom is 0.0646 e. The molecule has 46 valence electrons. The van der Waals surface area contributed by atoms with Gasteiger partial charge in [0.2, 0.25) is 0 Å². The van der Waals surface area contributed by atoms with Crippen molar-refractivity contribution in [3.05, 3.63) is 23.9 Å². The molecule has 0 aromatic heterocycles. The van der Waals surface area contributed by atoms with Crippen LogP contribution < -0.4 is 5.32 Å². The summed E-state index contributed by atoms with van der Waals surface area (Å²) in [5, 5.41) is 3.91. The smallest absolute Gasteiger partial charge is 0.0646 e. The summed E-state index contributed by atoms with van der Waals surface area (Å²) in [7, 11) is 0. The van der Waals surface area contributed by atoms with Gasteiger partial charge >= 0.3 is 0 Å². The highest BCUT2D eigenvalue weighted by Gasteiger charge is 1.85. The second kappa shape index (κ2) is 3.61. The highest BCUT2D eigenvalue weighted by atomic mass is 32.2. The Kier molecular flexibility index (Phi) is 3.44. The second-order valence-corrected chi connectivity index (χ2v) is 2.43. The second-order valence-electron chi connectivity index (χ2n) is 1.53. The lowest BCUT2D eigenvalue weighted by molar-refractivity contribution is 1.06. The molecular formula is C6H11NS. The normalized spacial score (nSPS) is 8.25. The van der Waals surface area contributed by atoms with Crippen LogP contribution in [0.5, 0.6) is 0 Å². The van der Waals surface area contributed by atoms with Gasteiger partial charge in [-0.15, -0.1) is 11.8 Å². The molecule has 2 heteroatoms. The third kappa shape index (κ3) is 3.81. The van der Waals surface area contributed by atoms with Gasteiger partial charge in [0.05, 0.1) is 5.03 Å². The summed E-state index contributed by atoms with van der Waals surface area (Å²) in [5.41, 5.74) is 0.935. The van der Waals surface area contributed by atoms with Crippen LogP contribution in [0.3, 0.4) is 0 Å². The summed E-state index contributed by atoms with van der Waals surface area (Å²) in [6.45, 7) is 9.27. The molecule has 0 fully saturated rings. The van der Waals surface area contributed by atoms with Gasteiger partial charge in [-0.3, -0.25) is 0 Å². The van der Waals surface area contributed by atoms with E-state index in [1.165, 1.54) is 0 Å². The minimum absolute atomic E-state index is 0.935. The van der Waals surface area contributed by atoms with E-state index >= 15 is 0 Å². The summed E-state index contributed by atoms with van der Waals surface area (Å²) in [5.74, 6) is 0. The Morgan fingerprint density at radius 3 is 2.12 bits per heavy atom. The summed E-state index contributed by atoms with van der Waals surface area (Å²) in [4.78, 5) is 0. The zero-order chi connectivity index (χ0) is 6.57. The van der Waals surface area contributed by atoms with Gasteiger partial charge in [0, 0.05) is 5.70 Å². The lowest BCUT2D eigenvalue weighted by Gasteiger charge is -2.02. The molecule has 0 heterocycles. The van der Waals surface area contributed by atoms with Crippen LogP contribution in [0.1, 0.15) is 6.92 Å². The van der Waals surface area contributed by atoms with E-state index < -0.39 is 0 Å². The van der Waals surface area contributed by atoms with E-state index in [9.17, 15) is 0 Å². The predicted molar refractivity (Wildman–Crippen MR) is 40.6 cm³/mol. The Hall–Kier alpha value is -0.370. The molecule has 0 aromatic rings. The third-order valence-electron chi connectivity index (χ3n) is 0.599. The van der Waals surface area contributed by atoms with Crippen LogP contribution in [0.4, 0.5) is 0 Å². The largest absolute Gasteiger partial charge is 0.355 e. The molecule has 1 N–H and O–H groups in total. The molecule has 8 heavy (non-hydrogen) atoms. The Bertz CT molecular complexity index is 107. The standard InChI is InChI=1S/C6H11NS/c1-5(2)7-6(3)8-4/h7H,1,3H2,2,4H3. The van der Waals surface area contributed by atoms with Crippen molar-refractivity contribution in [3.8, 4) is 0 Å². The van der Waals surface area contributed by atoms with Crippen LogP contribution in [-0.2, 0) is 0 Å². The lowest BCUT2D eigenvalue weighted by Crippen LogP contribution is -2.04. The monoisotopic (exact) mass is 129 g/mol. The minimum Gasteiger partial charge on any atom is -0.355 e. The average Bonchev–Trinajstić information content (AvgIpc) is 1.65. The molecule has 0 amide bonds. The topological polar surface area (TPSA) is 12.0 Å². The number of hydrogen-bond donors (Lipinski definition) is 1. The van der Waals surface area contributed by atoms with Gasteiger partial charge in [-0.1, -0.05) is 13.2 Å². The molecule has 0 bridgehead atoms. The molecule has 0 unspecified atom stereocenters. The summed E-state index contributed by atoms with van der Waals surface area (Å²) >= 11 is 1.59. The number of hydrogen-bond acceptors (Lipinski definition) is 2. The molecule has 0 aromatic carbocycles. The van der Waals surface area contributed by atoms with Crippen molar-refractivity contribution in [3.63, 3.8) is 0 Å². The predicted octanol–water partition coefficient (Wildman–Crippen LogP) is 1.94. The first-order valence-electron chi connectivity index (χ1n) is 2.32. The van der Waals surface area contributed by atoms with Gasteiger partial charge in [0.1, 0.15) is 0 Å². The number of thioether (sulfide) groups is 1. The summed E-state index contributed by atoms with van der Waals surface area (Å²) in [6.07, 6.45) is 1.97. The first kappa shape index (κ1) is 7.63. The number of rotatable bonds is 3. The van der Waals surface area contributed by atoms with Gasteiger partial charge in [-0.25, -0.2) is 0 Å². The van der Waals surface area contributed by atoms with Crippen LogP contribution in [0.15, 0.2) is 23.9 Å². The molecule has 1 nitrogen and oxygen atoms in total. The highest BCUT2D eigenvalue weighted by molar-refractivity contribution is 8.02. The van der Waals surface area contributed by atoms with Crippen molar-refractivity contribution in [2.75, 3.05) is 6.26 Å². The fourth-order valence-electron chi connectivity index (χ4n) is 0.289. The van der Waals surface area contributed by atoms with Gasteiger partial charge in [0.25, 0.3) is 0 Å². The van der Waals surface area contributed by atoms with Crippen molar-refractivity contribution in [2.24, 2.45) is 0 Å². The highest BCUT2D eigenvalue weighted by Crippen LogP contribution is 2.04. The zero-order valence-corrected chi connectivity index (χ0v) is 6.14. The molecule has 0 rings (SSSR count). The van der Waals surface area contributed by atoms with Gasteiger partial charge in [0.15, 0.2) is 0 Å². The quantitative estimate of drug-likeness (QED) is 0.625. The molecular weight excluding hydrogens is 118 g/mol. The van der Waals surface area contributed by atoms with E-state index in [1.807, 2.05) is 13.2 Å². The molecule has 0 saturated carbocycles. The number of nitrogens with one attached hydrogen (secondary N) is 1. The van der Waals surface area contributed by atoms with Crippen LogP contribution in [-0.4, -0.2) is 6.26 Å². The molecule has 0 aliphatic rings. The molecule has 0 radical (unpaired) electrons. The Morgan fingerprint density at radius 2 is 2.00 bits per heavy atom. The Balaban J connectivity index is 3.40. The molecule has 0 aliphatic heterocycles. The van der Waals surface area contributed by atoms with Crippen molar-refractivity contribution in [1.29, 1.82) is 0 Å². The summed E-state index contributed by atoms with van der Waals surface area (Å²) in [6, 6.07) is 0. The SMILES string of the molecule is C=C(C)NC(=C)SC. The van der Waals surface area contributed by atoms with Crippen molar-refractivity contribution >= 4 is 11.8 Å². The van der Waals surface area contributed by atoms with Gasteiger partial charge in [-0.2, -0.15) is 0 Å². The van der Waals surface area contributed by atoms with Crippen molar-refractivity contribution in [2.45, 2.75) is 6.92 Å². The van der Waals surface area contributed by atoms with Crippen molar-refractivity contribution in [1.82, 2.24) is 5.32 Å². The van der Waals surface area contributed by atoms with Crippen LogP contribution in [0, 0.1) is 0 Å². The summed E-state index contributed by atoms with van der Waals surface area (Å²) < 4.78 is 0. The lowest BCUT2D eigenvalue weighted by atomic mass is 10.6. The molecule has 0 aliphatic carbocycles. The minimum atomic E-state index is 0.935. The molecule has 0 spiro atoms. The van der Waals surface area contributed by atoms with Crippen LogP contribution >= 0.6 is 11.8 Å². The fourth-order valence-corrected chi connectivity index (χ4v) is 0.565. The van der Waals surface area contributed by atoms with E-state index in [-0.39, 0.29) is 0 Å².